The number of hydrogen-bond acceptors (Lipinski definition) is 3. The fourth-order valence-corrected chi connectivity index (χ4v) is 1.98. The number of aromatic nitrogens is 1. The molecular weight excluding hydrogens is 236 g/mol. The first-order chi connectivity index (χ1) is 8.99. The van der Waals surface area contributed by atoms with Crippen LogP contribution in [0.3, 0.4) is 0 Å². The normalized spacial score (nSPS) is 11.6. The van der Waals surface area contributed by atoms with Crippen molar-refractivity contribution in [2.24, 2.45) is 5.41 Å². The molecule has 1 N–H and O–H groups in total. The summed E-state index contributed by atoms with van der Waals surface area (Å²) in [5.41, 5.74) is 0.334. The van der Waals surface area contributed by atoms with Gasteiger partial charge in [-0.1, -0.05) is 20.8 Å². The number of benzene rings is 1. The highest BCUT2D eigenvalue weighted by Crippen LogP contribution is 2.26. The lowest BCUT2D eigenvalue weighted by Crippen LogP contribution is -2.13. The Hall–Kier alpha value is -1.77. The Labute approximate surface area is 115 Å². The Kier molecular flexibility index (Phi) is 3.93. The van der Waals surface area contributed by atoms with Crippen LogP contribution in [0.1, 0.15) is 27.2 Å². The van der Waals surface area contributed by atoms with Crippen molar-refractivity contribution in [3.05, 3.63) is 30.5 Å². The third-order valence-electron chi connectivity index (χ3n) is 3.14. The summed E-state index contributed by atoms with van der Waals surface area (Å²) in [6.07, 6.45) is 2.95. The summed E-state index contributed by atoms with van der Waals surface area (Å²) in [6.45, 7) is 7.67. The van der Waals surface area contributed by atoms with Gasteiger partial charge in [0.2, 0.25) is 0 Å². The molecule has 19 heavy (non-hydrogen) atoms. The highest BCUT2D eigenvalue weighted by Gasteiger charge is 2.10. The van der Waals surface area contributed by atoms with E-state index in [1.807, 2.05) is 24.4 Å². The molecule has 2 rings (SSSR count). The van der Waals surface area contributed by atoms with Crippen molar-refractivity contribution in [2.75, 3.05) is 19.0 Å². The third-order valence-corrected chi connectivity index (χ3v) is 3.14. The van der Waals surface area contributed by atoms with E-state index in [2.05, 4.69) is 37.1 Å². The van der Waals surface area contributed by atoms with Crippen LogP contribution in [0.15, 0.2) is 30.5 Å². The maximum atomic E-state index is 5.25. The van der Waals surface area contributed by atoms with Gasteiger partial charge in [0.25, 0.3) is 0 Å². The monoisotopic (exact) mass is 258 g/mol. The SMILES string of the molecule is COc1ccc2c(NCCC(C)(C)C)nccc2c1. The molecule has 0 amide bonds. The zero-order chi connectivity index (χ0) is 13.9. The zero-order valence-corrected chi connectivity index (χ0v) is 12.2. The van der Waals surface area contributed by atoms with Crippen molar-refractivity contribution in [1.29, 1.82) is 0 Å². The number of pyridine rings is 1. The first-order valence-corrected chi connectivity index (χ1v) is 6.66. The van der Waals surface area contributed by atoms with Gasteiger partial charge in [0.15, 0.2) is 0 Å². The van der Waals surface area contributed by atoms with Gasteiger partial charge in [0.1, 0.15) is 11.6 Å². The number of methoxy groups -OCH3 is 1. The Morgan fingerprint density at radius 3 is 2.68 bits per heavy atom. The number of nitrogens with zero attached hydrogens (tertiary/aromatic N) is 1. The number of rotatable bonds is 4. The van der Waals surface area contributed by atoms with Crippen molar-refractivity contribution in [3.63, 3.8) is 0 Å². The molecule has 3 nitrogen and oxygen atoms in total. The summed E-state index contributed by atoms with van der Waals surface area (Å²) in [6, 6.07) is 8.07. The minimum atomic E-state index is 0.334. The molecule has 0 spiro atoms. The summed E-state index contributed by atoms with van der Waals surface area (Å²) >= 11 is 0. The van der Waals surface area contributed by atoms with Gasteiger partial charge in [0, 0.05) is 18.1 Å². The van der Waals surface area contributed by atoms with Gasteiger partial charge in [-0.05, 0) is 41.5 Å². The Morgan fingerprint density at radius 1 is 1.21 bits per heavy atom. The lowest BCUT2D eigenvalue weighted by atomic mass is 9.92. The van der Waals surface area contributed by atoms with E-state index in [4.69, 9.17) is 4.74 Å². The molecule has 0 bridgehead atoms. The highest BCUT2D eigenvalue weighted by atomic mass is 16.5. The van der Waals surface area contributed by atoms with E-state index in [1.54, 1.807) is 7.11 Å². The van der Waals surface area contributed by atoms with E-state index >= 15 is 0 Å². The second-order valence-electron chi connectivity index (χ2n) is 5.98. The summed E-state index contributed by atoms with van der Waals surface area (Å²) in [7, 11) is 1.69. The van der Waals surface area contributed by atoms with Gasteiger partial charge in [0.05, 0.1) is 7.11 Å². The molecule has 102 valence electrons. The summed E-state index contributed by atoms with van der Waals surface area (Å²) < 4.78 is 5.25. The Morgan fingerprint density at radius 2 is 2.00 bits per heavy atom. The molecule has 2 aromatic rings. The predicted molar refractivity (Wildman–Crippen MR) is 80.9 cm³/mol. The molecule has 1 aromatic carbocycles. The fraction of sp³-hybridized carbons (Fsp3) is 0.438. The summed E-state index contributed by atoms with van der Waals surface area (Å²) in [5.74, 6) is 1.82. The standard InChI is InChI=1S/C16H22N2O/c1-16(2,3)8-10-18-15-14-6-5-13(19-4)11-12(14)7-9-17-15/h5-7,9,11H,8,10H2,1-4H3,(H,17,18). The number of hydrogen-bond donors (Lipinski definition) is 1. The van der Waals surface area contributed by atoms with E-state index in [0.717, 1.165) is 35.3 Å². The molecule has 0 atom stereocenters. The third kappa shape index (κ3) is 3.60. The average molecular weight is 258 g/mol. The van der Waals surface area contributed by atoms with Crippen molar-refractivity contribution in [2.45, 2.75) is 27.2 Å². The van der Waals surface area contributed by atoms with Crippen LogP contribution in [0.2, 0.25) is 0 Å². The topological polar surface area (TPSA) is 34.1 Å². The Bertz CT molecular complexity index is 558. The van der Waals surface area contributed by atoms with Gasteiger partial charge in [-0.2, -0.15) is 0 Å². The van der Waals surface area contributed by atoms with Gasteiger partial charge < -0.3 is 10.1 Å². The smallest absolute Gasteiger partial charge is 0.133 e. The van der Waals surface area contributed by atoms with E-state index in [9.17, 15) is 0 Å². The number of nitrogens with one attached hydrogen (secondary N) is 1. The van der Waals surface area contributed by atoms with Crippen LogP contribution in [0.4, 0.5) is 5.82 Å². The van der Waals surface area contributed by atoms with Crippen LogP contribution in [0, 0.1) is 5.41 Å². The number of anilines is 1. The maximum Gasteiger partial charge on any atom is 0.133 e. The van der Waals surface area contributed by atoms with Crippen LogP contribution >= 0.6 is 0 Å². The quantitative estimate of drug-likeness (QED) is 0.896. The number of ether oxygens (including phenoxy) is 1. The van der Waals surface area contributed by atoms with E-state index in [-0.39, 0.29) is 0 Å². The lowest BCUT2D eigenvalue weighted by molar-refractivity contribution is 0.389. The van der Waals surface area contributed by atoms with Crippen molar-refractivity contribution in [1.82, 2.24) is 4.98 Å². The lowest BCUT2D eigenvalue weighted by Gasteiger charge is -2.18. The van der Waals surface area contributed by atoms with Crippen LogP contribution in [0.25, 0.3) is 10.8 Å². The summed E-state index contributed by atoms with van der Waals surface area (Å²) in [4.78, 5) is 4.43. The second-order valence-corrected chi connectivity index (χ2v) is 5.98. The predicted octanol–water partition coefficient (Wildman–Crippen LogP) is 4.09. The van der Waals surface area contributed by atoms with Crippen molar-refractivity contribution in [3.8, 4) is 5.75 Å². The molecule has 0 unspecified atom stereocenters. The van der Waals surface area contributed by atoms with Gasteiger partial charge in [-0.25, -0.2) is 4.98 Å². The van der Waals surface area contributed by atoms with Crippen LogP contribution < -0.4 is 10.1 Å². The molecule has 1 heterocycles. The van der Waals surface area contributed by atoms with Crippen molar-refractivity contribution >= 4 is 16.6 Å². The van der Waals surface area contributed by atoms with Gasteiger partial charge in [-0.15, -0.1) is 0 Å². The minimum Gasteiger partial charge on any atom is -0.497 e. The van der Waals surface area contributed by atoms with E-state index in [1.165, 1.54) is 0 Å². The van der Waals surface area contributed by atoms with E-state index < -0.39 is 0 Å². The molecule has 0 aliphatic carbocycles. The molecule has 0 radical (unpaired) electrons. The largest absolute Gasteiger partial charge is 0.497 e. The zero-order valence-electron chi connectivity index (χ0n) is 12.2. The molecule has 1 aromatic heterocycles. The van der Waals surface area contributed by atoms with Crippen LogP contribution in [-0.4, -0.2) is 18.6 Å². The van der Waals surface area contributed by atoms with Gasteiger partial charge in [-0.3, -0.25) is 0 Å². The van der Waals surface area contributed by atoms with Crippen molar-refractivity contribution < 1.29 is 4.74 Å². The molecule has 3 heteroatoms. The Balaban J connectivity index is 2.19. The molecule has 0 saturated heterocycles. The molecule has 0 fully saturated rings. The second kappa shape index (κ2) is 5.47. The number of fused-ring (bicyclic) bond motifs is 1. The van der Waals surface area contributed by atoms with Crippen LogP contribution in [-0.2, 0) is 0 Å². The van der Waals surface area contributed by atoms with Gasteiger partial charge >= 0.3 is 0 Å². The molecule has 0 aliphatic rings. The maximum absolute atomic E-state index is 5.25. The van der Waals surface area contributed by atoms with E-state index in [0.29, 0.717) is 5.41 Å². The summed E-state index contributed by atoms with van der Waals surface area (Å²) in [5, 5.41) is 5.71. The highest BCUT2D eigenvalue weighted by molar-refractivity contribution is 5.92. The first-order valence-electron chi connectivity index (χ1n) is 6.66. The molecule has 0 aliphatic heterocycles. The minimum absolute atomic E-state index is 0.334. The molecule has 0 saturated carbocycles. The average Bonchev–Trinajstić information content (AvgIpc) is 2.37. The fourth-order valence-electron chi connectivity index (χ4n) is 1.98. The first kappa shape index (κ1) is 13.7. The van der Waals surface area contributed by atoms with Crippen LogP contribution in [0.5, 0.6) is 5.75 Å². The molecular formula is C16H22N2O.